The van der Waals surface area contributed by atoms with Crippen molar-refractivity contribution >= 4 is 12.0 Å². The summed E-state index contributed by atoms with van der Waals surface area (Å²) in [5.41, 5.74) is 0. The Hall–Kier alpha value is -1.26. The van der Waals surface area contributed by atoms with E-state index >= 15 is 0 Å². The van der Waals surface area contributed by atoms with Crippen LogP contribution in [0.25, 0.3) is 0 Å². The van der Waals surface area contributed by atoms with Crippen molar-refractivity contribution in [3.8, 4) is 0 Å². The van der Waals surface area contributed by atoms with Crippen molar-refractivity contribution in [2.45, 2.75) is 41.0 Å². The van der Waals surface area contributed by atoms with Crippen LogP contribution in [0, 0.1) is 17.8 Å². The van der Waals surface area contributed by atoms with E-state index in [1.165, 1.54) is 0 Å². The Balaban J connectivity index is 4.27. The van der Waals surface area contributed by atoms with Crippen LogP contribution in [0.4, 0.5) is 4.79 Å². The lowest BCUT2D eigenvalue weighted by Gasteiger charge is -2.27. The van der Waals surface area contributed by atoms with Crippen molar-refractivity contribution in [2.24, 2.45) is 17.8 Å². The van der Waals surface area contributed by atoms with Crippen LogP contribution in [0.3, 0.4) is 0 Å². The van der Waals surface area contributed by atoms with Crippen molar-refractivity contribution in [1.29, 1.82) is 0 Å². The number of rotatable bonds is 8. The van der Waals surface area contributed by atoms with Gasteiger partial charge in [0.2, 0.25) is 0 Å². The number of aliphatic carboxylic acids is 1. The minimum atomic E-state index is -0.831. The van der Waals surface area contributed by atoms with Gasteiger partial charge in [0, 0.05) is 26.1 Å². The molecule has 112 valence electrons. The highest BCUT2D eigenvalue weighted by Crippen LogP contribution is 2.05. The Morgan fingerprint density at radius 3 is 1.89 bits per heavy atom. The van der Waals surface area contributed by atoms with Gasteiger partial charge in [0.1, 0.15) is 0 Å². The Morgan fingerprint density at radius 1 is 1.05 bits per heavy atom. The van der Waals surface area contributed by atoms with Gasteiger partial charge in [0.25, 0.3) is 0 Å². The van der Waals surface area contributed by atoms with Crippen molar-refractivity contribution in [3.05, 3.63) is 0 Å². The van der Waals surface area contributed by atoms with Crippen molar-refractivity contribution < 1.29 is 14.7 Å². The Labute approximate surface area is 116 Å². The molecule has 2 N–H and O–H groups in total. The number of amides is 2. The van der Waals surface area contributed by atoms with Crippen LogP contribution in [0.15, 0.2) is 0 Å². The molecular formula is C14H28N2O3. The fourth-order valence-corrected chi connectivity index (χ4v) is 1.87. The van der Waals surface area contributed by atoms with Crippen LogP contribution in [0.5, 0.6) is 0 Å². The van der Waals surface area contributed by atoms with Crippen molar-refractivity contribution in [3.63, 3.8) is 0 Å². The van der Waals surface area contributed by atoms with Gasteiger partial charge >= 0.3 is 12.0 Å². The third-order valence-electron chi connectivity index (χ3n) is 2.58. The summed E-state index contributed by atoms with van der Waals surface area (Å²) < 4.78 is 0. The molecule has 0 bridgehead atoms. The van der Waals surface area contributed by atoms with Crippen LogP contribution >= 0.6 is 0 Å². The first-order chi connectivity index (χ1) is 8.72. The Bertz CT molecular complexity index is 280. The van der Waals surface area contributed by atoms with Crippen LogP contribution < -0.4 is 5.32 Å². The first-order valence-electron chi connectivity index (χ1n) is 6.96. The minimum absolute atomic E-state index is 0.0543. The number of hydrogen-bond acceptors (Lipinski definition) is 2. The Kier molecular flexibility index (Phi) is 8.19. The third kappa shape index (κ3) is 9.33. The molecule has 5 nitrogen and oxygen atoms in total. The fraction of sp³-hybridized carbons (Fsp3) is 0.857. The molecule has 19 heavy (non-hydrogen) atoms. The van der Waals surface area contributed by atoms with Gasteiger partial charge < -0.3 is 15.3 Å². The van der Waals surface area contributed by atoms with E-state index in [1.807, 2.05) is 11.8 Å². The molecule has 0 aromatic rings. The zero-order valence-corrected chi connectivity index (χ0v) is 12.8. The highest BCUT2D eigenvalue weighted by Gasteiger charge is 2.17. The first kappa shape index (κ1) is 17.7. The van der Waals surface area contributed by atoms with Gasteiger partial charge in [-0.25, -0.2) is 4.79 Å². The quantitative estimate of drug-likeness (QED) is 0.713. The summed E-state index contributed by atoms with van der Waals surface area (Å²) >= 11 is 0. The van der Waals surface area contributed by atoms with E-state index in [0.29, 0.717) is 18.4 Å². The van der Waals surface area contributed by atoms with Crippen LogP contribution in [0.2, 0.25) is 0 Å². The highest BCUT2D eigenvalue weighted by atomic mass is 16.4. The fourth-order valence-electron chi connectivity index (χ4n) is 1.87. The van der Waals surface area contributed by atoms with Crippen LogP contribution in [-0.4, -0.2) is 41.6 Å². The molecule has 0 saturated carbocycles. The van der Waals surface area contributed by atoms with Gasteiger partial charge in [-0.1, -0.05) is 34.6 Å². The largest absolute Gasteiger partial charge is 0.481 e. The summed E-state index contributed by atoms with van der Waals surface area (Å²) in [5.74, 6) is -0.0498. The van der Waals surface area contributed by atoms with Gasteiger partial charge in [0.15, 0.2) is 0 Å². The van der Waals surface area contributed by atoms with E-state index in [1.54, 1.807) is 0 Å². The number of nitrogens with one attached hydrogen (secondary N) is 1. The summed E-state index contributed by atoms with van der Waals surface area (Å²) in [6.07, 6.45) is 0.0780. The Morgan fingerprint density at radius 2 is 1.53 bits per heavy atom. The molecule has 0 rings (SSSR count). The lowest BCUT2D eigenvalue weighted by molar-refractivity contribution is -0.137. The zero-order valence-electron chi connectivity index (χ0n) is 12.8. The number of nitrogens with zero attached hydrogens (tertiary/aromatic N) is 1. The van der Waals surface area contributed by atoms with Gasteiger partial charge in [0.05, 0.1) is 0 Å². The molecule has 2 amide bonds. The lowest BCUT2D eigenvalue weighted by Crippen LogP contribution is -2.45. The predicted molar refractivity (Wildman–Crippen MR) is 76.1 cm³/mol. The molecule has 1 atom stereocenters. The molecule has 1 unspecified atom stereocenters. The molecular weight excluding hydrogens is 244 g/mol. The highest BCUT2D eigenvalue weighted by molar-refractivity contribution is 5.74. The second kappa shape index (κ2) is 8.77. The molecule has 5 heteroatoms. The molecule has 0 aromatic carbocycles. The maximum absolute atomic E-state index is 12.1. The first-order valence-corrected chi connectivity index (χ1v) is 6.96. The normalized spacial score (nSPS) is 12.6. The summed E-state index contributed by atoms with van der Waals surface area (Å²) in [6, 6.07) is -0.0976. The van der Waals surface area contributed by atoms with Crippen molar-refractivity contribution in [2.75, 3.05) is 19.6 Å². The summed E-state index contributed by atoms with van der Waals surface area (Å²) in [7, 11) is 0. The molecule has 0 aliphatic rings. The van der Waals surface area contributed by atoms with E-state index < -0.39 is 5.97 Å². The summed E-state index contributed by atoms with van der Waals surface area (Å²) in [5, 5.41) is 11.5. The number of carboxylic acids is 1. The average molecular weight is 272 g/mol. The minimum Gasteiger partial charge on any atom is -0.481 e. The SMILES string of the molecule is CC(C)CN(CC(C)C)C(=O)NCC(C)CC(=O)O. The zero-order chi connectivity index (χ0) is 15.0. The molecule has 0 aromatic heterocycles. The predicted octanol–water partition coefficient (Wildman–Crippen LogP) is 2.42. The van der Waals surface area contributed by atoms with E-state index in [0.717, 1.165) is 13.1 Å². The van der Waals surface area contributed by atoms with E-state index in [4.69, 9.17) is 5.11 Å². The van der Waals surface area contributed by atoms with Crippen LogP contribution in [-0.2, 0) is 4.79 Å². The van der Waals surface area contributed by atoms with Crippen molar-refractivity contribution in [1.82, 2.24) is 10.2 Å². The molecule has 0 saturated heterocycles. The monoisotopic (exact) mass is 272 g/mol. The van der Waals surface area contributed by atoms with Gasteiger partial charge in [-0.05, 0) is 17.8 Å². The third-order valence-corrected chi connectivity index (χ3v) is 2.58. The number of carboxylic acid groups (broad SMARTS) is 1. The summed E-state index contributed by atoms with van der Waals surface area (Å²) in [4.78, 5) is 24.4. The number of hydrogen-bond donors (Lipinski definition) is 2. The van der Waals surface area contributed by atoms with E-state index in [9.17, 15) is 9.59 Å². The maximum Gasteiger partial charge on any atom is 0.317 e. The number of carbonyl (C=O) groups excluding carboxylic acids is 1. The molecule has 0 heterocycles. The number of carbonyl (C=O) groups is 2. The number of urea groups is 1. The molecule has 0 fully saturated rings. The van der Waals surface area contributed by atoms with Gasteiger partial charge in [-0.2, -0.15) is 0 Å². The van der Waals surface area contributed by atoms with E-state index in [2.05, 4.69) is 33.0 Å². The molecule has 0 radical (unpaired) electrons. The second-order valence-corrected chi connectivity index (χ2v) is 6.08. The van der Waals surface area contributed by atoms with Crippen LogP contribution in [0.1, 0.15) is 41.0 Å². The maximum atomic E-state index is 12.1. The van der Waals surface area contributed by atoms with Gasteiger partial charge in [-0.3, -0.25) is 4.79 Å². The molecule has 0 aliphatic heterocycles. The smallest absolute Gasteiger partial charge is 0.317 e. The topological polar surface area (TPSA) is 69.6 Å². The molecule has 0 aliphatic carbocycles. The lowest BCUT2D eigenvalue weighted by atomic mass is 10.1. The molecule has 0 spiro atoms. The average Bonchev–Trinajstić information content (AvgIpc) is 2.22. The standard InChI is InChI=1S/C14H28N2O3/c1-10(2)8-16(9-11(3)4)14(19)15-7-12(5)6-13(17)18/h10-12H,6-9H2,1-5H3,(H,15,19)(H,17,18). The van der Waals surface area contributed by atoms with Gasteiger partial charge in [-0.15, -0.1) is 0 Å². The van der Waals surface area contributed by atoms with E-state index in [-0.39, 0.29) is 18.4 Å². The second-order valence-electron chi connectivity index (χ2n) is 6.08. The summed E-state index contributed by atoms with van der Waals surface area (Å²) in [6.45, 7) is 12.0.